The maximum Gasteiger partial charge on any atom is 0.248 e. The molecule has 0 unspecified atom stereocenters. The van der Waals surface area contributed by atoms with Crippen LogP contribution in [0.2, 0.25) is 5.02 Å². The number of hydrogen-bond donors (Lipinski definition) is 2. The number of benzene rings is 2. The summed E-state index contributed by atoms with van der Waals surface area (Å²) in [5, 5.41) is 4.35. The fraction of sp³-hybridized carbons (Fsp3) is 0.100. The smallest absolute Gasteiger partial charge is 0.248 e. The second-order valence-electron chi connectivity index (χ2n) is 5.62. The molecule has 25 heavy (non-hydrogen) atoms. The highest BCUT2D eigenvalue weighted by molar-refractivity contribution is 6.32. The maximum atomic E-state index is 12.1. The normalized spacial score (nSPS) is 11.1. The molecule has 2 aromatic carbocycles. The van der Waals surface area contributed by atoms with Gasteiger partial charge in [0.2, 0.25) is 11.5 Å². The van der Waals surface area contributed by atoms with E-state index in [4.69, 9.17) is 11.6 Å². The quantitative estimate of drug-likeness (QED) is 0.684. The number of carbonyl (C=O) groups is 1. The van der Waals surface area contributed by atoms with Crippen molar-refractivity contribution in [3.63, 3.8) is 0 Å². The number of aromatic amines is 1. The molecule has 0 saturated carbocycles. The van der Waals surface area contributed by atoms with Crippen LogP contribution in [0, 0.1) is 0 Å². The first-order valence-corrected chi connectivity index (χ1v) is 8.34. The summed E-state index contributed by atoms with van der Waals surface area (Å²) < 4.78 is 0. The summed E-state index contributed by atoms with van der Waals surface area (Å²) in [6.45, 7) is 2.00. The van der Waals surface area contributed by atoms with E-state index in [1.54, 1.807) is 24.3 Å². The predicted molar refractivity (Wildman–Crippen MR) is 103 cm³/mol. The van der Waals surface area contributed by atoms with Crippen LogP contribution in [0.4, 0.5) is 5.69 Å². The van der Waals surface area contributed by atoms with Gasteiger partial charge in [0.25, 0.3) is 0 Å². The Morgan fingerprint density at radius 3 is 2.76 bits per heavy atom. The summed E-state index contributed by atoms with van der Waals surface area (Å²) in [6, 6.07) is 14.4. The van der Waals surface area contributed by atoms with Crippen LogP contribution in [0.15, 0.2) is 59.4 Å². The van der Waals surface area contributed by atoms with Crippen LogP contribution in [-0.2, 0) is 11.2 Å². The molecule has 0 spiro atoms. The number of hydrogen-bond acceptors (Lipinski definition) is 2. The van der Waals surface area contributed by atoms with Gasteiger partial charge < -0.3 is 10.3 Å². The number of rotatable bonds is 4. The van der Waals surface area contributed by atoms with E-state index in [9.17, 15) is 9.59 Å². The zero-order valence-electron chi connectivity index (χ0n) is 13.7. The molecule has 0 aliphatic heterocycles. The van der Waals surface area contributed by atoms with Gasteiger partial charge >= 0.3 is 0 Å². The number of carbonyl (C=O) groups excluding carboxylic acids is 1. The molecular weight excluding hydrogens is 336 g/mol. The second-order valence-corrected chi connectivity index (χ2v) is 6.02. The number of halogens is 1. The highest BCUT2D eigenvalue weighted by atomic mass is 35.5. The molecule has 0 saturated heterocycles. The Balaban J connectivity index is 1.82. The first-order chi connectivity index (χ1) is 12.1. The molecule has 3 aromatic rings. The third-order valence-corrected chi connectivity index (χ3v) is 4.24. The molecule has 0 aliphatic carbocycles. The lowest BCUT2D eigenvalue weighted by Crippen LogP contribution is -2.09. The third-order valence-electron chi connectivity index (χ3n) is 3.90. The summed E-state index contributed by atoms with van der Waals surface area (Å²) in [5.41, 5.74) is 2.93. The van der Waals surface area contributed by atoms with Gasteiger partial charge in [-0.25, -0.2) is 0 Å². The zero-order valence-corrected chi connectivity index (χ0v) is 14.4. The molecule has 1 heterocycles. The topological polar surface area (TPSA) is 62.0 Å². The summed E-state index contributed by atoms with van der Waals surface area (Å²) >= 11 is 6.06. The lowest BCUT2D eigenvalue weighted by molar-refractivity contribution is -0.111. The molecule has 3 rings (SSSR count). The van der Waals surface area contributed by atoms with E-state index in [2.05, 4.69) is 10.3 Å². The fourth-order valence-electron chi connectivity index (χ4n) is 2.66. The van der Waals surface area contributed by atoms with Gasteiger partial charge in [0, 0.05) is 28.2 Å². The molecule has 0 aliphatic rings. The van der Waals surface area contributed by atoms with Gasteiger partial charge in [-0.05, 0) is 41.8 Å². The van der Waals surface area contributed by atoms with E-state index in [1.165, 1.54) is 6.08 Å². The Kier molecular flexibility index (Phi) is 5.00. The van der Waals surface area contributed by atoms with Crippen LogP contribution in [0.25, 0.3) is 17.0 Å². The minimum atomic E-state index is -0.270. The van der Waals surface area contributed by atoms with Crippen molar-refractivity contribution in [2.24, 2.45) is 0 Å². The largest absolute Gasteiger partial charge is 0.322 e. The Hall–Kier alpha value is -2.85. The van der Waals surface area contributed by atoms with Crippen molar-refractivity contribution < 1.29 is 4.79 Å². The average molecular weight is 353 g/mol. The van der Waals surface area contributed by atoms with Gasteiger partial charge in [-0.3, -0.25) is 9.59 Å². The van der Waals surface area contributed by atoms with Gasteiger partial charge in [0.1, 0.15) is 0 Å². The van der Waals surface area contributed by atoms with Gasteiger partial charge in [-0.15, -0.1) is 0 Å². The number of H-pyrrole nitrogens is 1. The number of nitrogens with one attached hydrogen (secondary N) is 2. The fourth-order valence-corrected chi connectivity index (χ4v) is 2.86. The molecule has 0 radical (unpaired) electrons. The molecule has 126 valence electrons. The summed E-state index contributed by atoms with van der Waals surface area (Å²) in [4.78, 5) is 26.6. The minimum absolute atomic E-state index is 0.147. The van der Waals surface area contributed by atoms with Crippen molar-refractivity contribution in [3.05, 3.63) is 81.1 Å². The molecule has 0 atom stereocenters. The standard InChI is InChI=1S/C20H17ClN2O2/c1-2-13-11-20(25)23-18-12-15(8-9-16(13)18)22-19(24)10-7-14-5-3-4-6-17(14)21/h3-12H,2H2,1H3,(H,22,24)(H,23,25)/b10-7+. The van der Waals surface area contributed by atoms with Crippen LogP contribution in [0.3, 0.4) is 0 Å². The maximum absolute atomic E-state index is 12.1. The molecule has 4 nitrogen and oxygen atoms in total. The zero-order chi connectivity index (χ0) is 17.8. The molecule has 0 fully saturated rings. The first kappa shape index (κ1) is 17.0. The van der Waals surface area contributed by atoms with Crippen molar-refractivity contribution >= 4 is 40.2 Å². The van der Waals surface area contributed by atoms with Crippen molar-refractivity contribution in [2.75, 3.05) is 5.32 Å². The summed E-state index contributed by atoms with van der Waals surface area (Å²) in [6.07, 6.45) is 3.86. The van der Waals surface area contributed by atoms with Crippen LogP contribution < -0.4 is 10.9 Å². The number of anilines is 1. The van der Waals surface area contributed by atoms with E-state index < -0.39 is 0 Å². The number of aromatic nitrogens is 1. The Bertz CT molecular complexity index is 1020. The van der Waals surface area contributed by atoms with Crippen molar-refractivity contribution in [1.82, 2.24) is 4.98 Å². The minimum Gasteiger partial charge on any atom is -0.322 e. The molecular formula is C20H17ClN2O2. The summed E-state index contributed by atoms with van der Waals surface area (Å²) in [7, 11) is 0. The summed E-state index contributed by atoms with van der Waals surface area (Å²) in [5.74, 6) is -0.270. The number of aryl methyl sites for hydroxylation is 1. The van der Waals surface area contributed by atoms with Gasteiger partial charge in [-0.1, -0.05) is 42.8 Å². The number of pyridine rings is 1. The van der Waals surface area contributed by atoms with Crippen LogP contribution in [0.1, 0.15) is 18.1 Å². The molecule has 2 N–H and O–H groups in total. The van der Waals surface area contributed by atoms with Crippen molar-refractivity contribution in [2.45, 2.75) is 13.3 Å². The van der Waals surface area contributed by atoms with Crippen molar-refractivity contribution in [1.29, 1.82) is 0 Å². The van der Waals surface area contributed by atoms with Crippen molar-refractivity contribution in [3.8, 4) is 0 Å². The van der Waals surface area contributed by atoms with E-state index in [-0.39, 0.29) is 11.5 Å². The predicted octanol–water partition coefficient (Wildman–Crippen LogP) is 4.40. The van der Waals surface area contributed by atoms with Crippen LogP contribution in [-0.4, -0.2) is 10.9 Å². The Morgan fingerprint density at radius 2 is 2.00 bits per heavy atom. The van der Waals surface area contributed by atoms with Crippen LogP contribution in [0.5, 0.6) is 0 Å². The molecule has 5 heteroatoms. The van der Waals surface area contributed by atoms with Gasteiger partial charge in [0.15, 0.2) is 0 Å². The van der Waals surface area contributed by atoms with Crippen LogP contribution >= 0.6 is 11.6 Å². The number of fused-ring (bicyclic) bond motifs is 1. The highest BCUT2D eigenvalue weighted by Crippen LogP contribution is 2.20. The SMILES string of the molecule is CCc1cc(=O)[nH]c2cc(NC(=O)/C=C/c3ccccc3Cl)ccc12. The molecule has 0 bridgehead atoms. The molecule has 1 amide bonds. The third kappa shape index (κ3) is 3.98. The Labute approximate surface area is 150 Å². The lowest BCUT2D eigenvalue weighted by Gasteiger charge is -2.07. The van der Waals surface area contributed by atoms with E-state index in [0.717, 1.165) is 22.9 Å². The second kappa shape index (κ2) is 7.36. The van der Waals surface area contributed by atoms with E-state index in [0.29, 0.717) is 16.2 Å². The van der Waals surface area contributed by atoms with Gasteiger partial charge in [-0.2, -0.15) is 0 Å². The number of amides is 1. The van der Waals surface area contributed by atoms with E-state index in [1.807, 2.05) is 37.3 Å². The average Bonchev–Trinajstić information content (AvgIpc) is 2.60. The lowest BCUT2D eigenvalue weighted by atomic mass is 10.1. The first-order valence-electron chi connectivity index (χ1n) is 7.96. The van der Waals surface area contributed by atoms with Gasteiger partial charge in [0.05, 0.1) is 5.52 Å². The highest BCUT2D eigenvalue weighted by Gasteiger charge is 2.05. The Morgan fingerprint density at radius 1 is 1.20 bits per heavy atom. The monoisotopic (exact) mass is 352 g/mol. The van der Waals surface area contributed by atoms with E-state index >= 15 is 0 Å². The molecule has 1 aromatic heterocycles.